The molecular weight excluding hydrogens is 316 g/mol. The van der Waals surface area contributed by atoms with Crippen LogP contribution < -0.4 is 10.5 Å². The average Bonchev–Trinajstić information content (AvgIpc) is 2.52. The molecule has 0 radical (unpaired) electrons. The number of hydrogen-bond donors (Lipinski definition) is 3. The maximum absolute atomic E-state index is 12.1. The molecule has 0 aromatic carbocycles. The molecule has 7 heteroatoms. The van der Waals surface area contributed by atoms with Gasteiger partial charge in [0.1, 0.15) is 11.8 Å². The molecule has 1 aliphatic carbocycles. The van der Waals surface area contributed by atoms with Gasteiger partial charge in [0.15, 0.2) is 0 Å². The quantitative estimate of drug-likeness (QED) is 0.389. The molecule has 6 nitrogen and oxygen atoms in total. The third-order valence-electron chi connectivity index (χ3n) is 4.74. The largest absolute Gasteiger partial charge is 0.376 e. The third kappa shape index (κ3) is 7.94. The summed E-state index contributed by atoms with van der Waals surface area (Å²) in [5.74, 6) is 0.265. The van der Waals surface area contributed by atoms with Crippen molar-refractivity contribution in [3.63, 3.8) is 0 Å². The minimum atomic E-state index is -3.51. The van der Waals surface area contributed by atoms with E-state index in [9.17, 15) is 13.5 Å². The first-order chi connectivity index (χ1) is 10.8. The number of methoxy groups -OCH3 is 1. The second kappa shape index (κ2) is 9.93. The molecule has 2 atom stereocenters. The van der Waals surface area contributed by atoms with Crippen molar-refractivity contribution in [3.05, 3.63) is 0 Å². The van der Waals surface area contributed by atoms with E-state index in [1.165, 1.54) is 39.2 Å². The highest BCUT2D eigenvalue weighted by atomic mass is 32.2. The molecule has 0 aliphatic heterocycles. The van der Waals surface area contributed by atoms with Crippen LogP contribution in [0.2, 0.25) is 0 Å². The summed E-state index contributed by atoms with van der Waals surface area (Å²) in [7, 11) is -2.11. The molecule has 23 heavy (non-hydrogen) atoms. The lowest BCUT2D eigenvalue weighted by atomic mass is 9.84. The van der Waals surface area contributed by atoms with Crippen molar-refractivity contribution in [1.29, 1.82) is 0 Å². The van der Waals surface area contributed by atoms with Crippen molar-refractivity contribution >= 4 is 10.0 Å². The van der Waals surface area contributed by atoms with Crippen molar-refractivity contribution in [3.8, 4) is 0 Å². The van der Waals surface area contributed by atoms with Gasteiger partial charge in [-0.25, -0.2) is 13.1 Å². The highest BCUT2D eigenvalue weighted by molar-refractivity contribution is 7.89. The predicted molar refractivity (Wildman–Crippen MR) is 92.4 cm³/mol. The first-order valence-corrected chi connectivity index (χ1v) is 10.5. The van der Waals surface area contributed by atoms with Crippen LogP contribution >= 0.6 is 0 Å². The molecule has 1 fully saturated rings. The Labute approximate surface area is 141 Å². The maximum Gasteiger partial charge on any atom is 0.214 e. The van der Waals surface area contributed by atoms with Gasteiger partial charge in [-0.05, 0) is 25.2 Å². The Morgan fingerprint density at radius 2 is 2.00 bits per heavy atom. The number of rotatable bonds is 11. The standard InChI is InChI=1S/C16H34N2O4S/c1-3-4-12-18-23(20,21)13-15(22-2)16(17,19)11-10-14-8-6-5-7-9-14/h14-15,18-19H,3-13,17H2,1-2H3/t15-,16-/m1/s1. The molecular formula is C16H34N2O4S. The van der Waals surface area contributed by atoms with Crippen LogP contribution in [-0.2, 0) is 14.8 Å². The van der Waals surface area contributed by atoms with Crippen LogP contribution in [0.3, 0.4) is 0 Å². The van der Waals surface area contributed by atoms with E-state index in [1.54, 1.807) is 0 Å². The van der Waals surface area contributed by atoms with Crippen molar-refractivity contribution in [2.75, 3.05) is 19.4 Å². The van der Waals surface area contributed by atoms with E-state index in [-0.39, 0.29) is 5.75 Å². The Morgan fingerprint density at radius 3 is 2.57 bits per heavy atom. The summed E-state index contributed by atoms with van der Waals surface area (Å²) in [6.07, 6.45) is 8.04. The minimum Gasteiger partial charge on any atom is -0.376 e. The maximum atomic E-state index is 12.1. The summed E-state index contributed by atoms with van der Waals surface area (Å²) in [6.45, 7) is 2.40. The van der Waals surface area contributed by atoms with Crippen molar-refractivity contribution in [2.24, 2.45) is 11.7 Å². The topological polar surface area (TPSA) is 102 Å². The Bertz CT molecular complexity index is 420. The molecule has 0 aromatic rings. The summed E-state index contributed by atoms with van der Waals surface area (Å²) >= 11 is 0. The molecule has 0 spiro atoms. The molecule has 0 amide bonds. The Kier molecular flexibility index (Phi) is 9.00. The number of nitrogens with one attached hydrogen (secondary N) is 1. The van der Waals surface area contributed by atoms with Gasteiger partial charge in [0.05, 0.1) is 5.75 Å². The average molecular weight is 351 g/mol. The van der Waals surface area contributed by atoms with Gasteiger partial charge in [-0.2, -0.15) is 0 Å². The molecule has 4 N–H and O–H groups in total. The summed E-state index contributed by atoms with van der Waals surface area (Å²) in [6, 6.07) is 0. The van der Waals surface area contributed by atoms with Gasteiger partial charge in [0, 0.05) is 13.7 Å². The van der Waals surface area contributed by atoms with Crippen LogP contribution in [0.25, 0.3) is 0 Å². The predicted octanol–water partition coefficient (Wildman–Crippen LogP) is 1.73. The number of ether oxygens (including phenoxy) is 1. The molecule has 0 heterocycles. The second-order valence-corrected chi connectivity index (χ2v) is 8.64. The Hall–Kier alpha value is -0.210. The van der Waals surface area contributed by atoms with Crippen LogP contribution in [-0.4, -0.2) is 44.8 Å². The van der Waals surface area contributed by atoms with E-state index >= 15 is 0 Å². The minimum absolute atomic E-state index is 0.315. The molecule has 0 unspecified atom stereocenters. The van der Waals surface area contributed by atoms with E-state index in [2.05, 4.69) is 4.72 Å². The van der Waals surface area contributed by atoms with Crippen LogP contribution in [0.15, 0.2) is 0 Å². The van der Waals surface area contributed by atoms with E-state index in [0.29, 0.717) is 18.9 Å². The number of nitrogens with two attached hydrogens (primary N) is 1. The van der Waals surface area contributed by atoms with Gasteiger partial charge in [-0.3, -0.25) is 0 Å². The zero-order valence-corrected chi connectivity index (χ0v) is 15.4. The van der Waals surface area contributed by atoms with Crippen molar-refractivity contribution in [2.45, 2.75) is 76.5 Å². The lowest BCUT2D eigenvalue weighted by Gasteiger charge is -2.33. The highest BCUT2D eigenvalue weighted by Crippen LogP contribution is 2.29. The van der Waals surface area contributed by atoms with E-state index in [0.717, 1.165) is 19.3 Å². The molecule has 0 bridgehead atoms. The highest BCUT2D eigenvalue weighted by Gasteiger charge is 2.36. The van der Waals surface area contributed by atoms with Crippen LogP contribution in [0.4, 0.5) is 0 Å². The van der Waals surface area contributed by atoms with Crippen LogP contribution in [0, 0.1) is 5.92 Å². The second-order valence-electron chi connectivity index (χ2n) is 6.79. The van der Waals surface area contributed by atoms with Crippen molar-refractivity contribution < 1.29 is 18.3 Å². The van der Waals surface area contributed by atoms with E-state index < -0.39 is 21.9 Å². The summed E-state index contributed by atoms with van der Waals surface area (Å²) < 4.78 is 31.9. The Morgan fingerprint density at radius 1 is 1.35 bits per heavy atom. The molecule has 1 aliphatic rings. The first kappa shape index (κ1) is 20.8. The zero-order chi connectivity index (χ0) is 17.3. The fraction of sp³-hybridized carbons (Fsp3) is 1.00. The summed E-state index contributed by atoms with van der Waals surface area (Å²) in [5.41, 5.74) is 4.37. The molecule has 1 saturated carbocycles. The van der Waals surface area contributed by atoms with Crippen molar-refractivity contribution in [1.82, 2.24) is 4.72 Å². The van der Waals surface area contributed by atoms with Gasteiger partial charge in [-0.15, -0.1) is 0 Å². The van der Waals surface area contributed by atoms with E-state index in [1.807, 2.05) is 6.92 Å². The van der Waals surface area contributed by atoms with E-state index in [4.69, 9.17) is 10.5 Å². The smallest absolute Gasteiger partial charge is 0.214 e. The fourth-order valence-corrected chi connectivity index (χ4v) is 4.55. The normalized spacial score (nSPS) is 21.0. The Balaban J connectivity index is 2.52. The third-order valence-corrected chi connectivity index (χ3v) is 6.13. The van der Waals surface area contributed by atoms with Gasteiger partial charge in [0.25, 0.3) is 0 Å². The number of sulfonamides is 1. The number of unbranched alkanes of at least 4 members (excludes halogenated alkanes) is 1. The first-order valence-electron chi connectivity index (χ1n) is 8.82. The summed E-state index contributed by atoms with van der Waals surface area (Å²) in [5, 5.41) is 10.5. The molecule has 0 saturated heterocycles. The molecule has 0 aromatic heterocycles. The van der Waals surface area contributed by atoms with Gasteiger partial charge in [-0.1, -0.05) is 45.4 Å². The zero-order valence-electron chi connectivity index (χ0n) is 14.6. The van der Waals surface area contributed by atoms with Crippen LogP contribution in [0.1, 0.15) is 64.7 Å². The fourth-order valence-electron chi connectivity index (χ4n) is 3.15. The van der Waals surface area contributed by atoms with Gasteiger partial charge in [0.2, 0.25) is 10.0 Å². The number of aliphatic hydroxyl groups is 1. The van der Waals surface area contributed by atoms with Crippen LogP contribution in [0.5, 0.6) is 0 Å². The SMILES string of the molecule is CCCCNS(=O)(=O)C[C@@H](OC)[C@](N)(O)CCC1CCCCC1. The number of hydrogen-bond acceptors (Lipinski definition) is 5. The van der Waals surface area contributed by atoms with Gasteiger partial charge < -0.3 is 15.6 Å². The summed E-state index contributed by atoms with van der Waals surface area (Å²) in [4.78, 5) is 0. The van der Waals surface area contributed by atoms with Gasteiger partial charge >= 0.3 is 0 Å². The monoisotopic (exact) mass is 350 g/mol. The molecule has 138 valence electrons. The molecule has 1 rings (SSSR count). The lowest BCUT2D eigenvalue weighted by Crippen LogP contribution is -2.55. The lowest BCUT2D eigenvalue weighted by molar-refractivity contribution is -0.0871.